The molecule has 6 heteroatoms. The highest BCUT2D eigenvalue weighted by Gasteiger charge is 2.28. The number of benzene rings is 2. The summed E-state index contributed by atoms with van der Waals surface area (Å²) in [5, 5.41) is 7.14. The van der Waals surface area contributed by atoms with Crippen LogP contribution in [0.15, 0.2) is 60.7 Å². The fourth-order valence-electron chi connectivity index (χ4n) is 3.07. The zero-order valence-electron chi connectivity index (χ0n) is 16.7. The van der Waals surface area contributed by atoms with Gasteiger partial charge in [0.2, 0.25) is 0 Å². The first-order valence-corrected chi connectivity index (χ1v) is 10.1. The lowest BCUT2D eigenvalue weighted by molar-refractivity contribution is 0.145. The first kappa shape index (κ1) is 21.7. The number of alkyl carbamates (subject to hydrolysis) is 1. The Labute approximate surface area is 173 Å². The Morgan fingerprint density at radius 2 is 1.36 bits per heavy atom. The van der Waals surface area contributed by atoms with E-state index in [2.05, 4.69) is 29.4 Å². The number of thiocarbonyl (C=S) groups is 1. The maximum Gasteiger partial charge on any atom is 0.407 e. The number of carbonyl (C=O) groups is 1. The van der Waals surface area contributed by atoms with Crippen LogP contribution in [0, 0.1) is 0 Å². The Morgan fingerprint density at radius 1 is 0.893 bits per heavy atom. The Morgan fingerprint density at radius 3 is 1.79 bits per heavy atom. The van der Waals surface area contributed by atoms with Crippen LogP contribution in [0.25, 0.3) is 0 Å². The van der Waals surface area contributed by atoms with Gasteiger partial charge in [-0.25, -0.2) is 4.79 Å². The molecule has 2 atom stereocenters. The summed E-state index contributed by atoms with van der Waals surface area (Å²) in [5.41, 5.74) is 2.00. The van der Waals surface area contributed by atoms with Crippen molar-refractivity contribution in [2.24, 2.45) is 0 Å². The molecule has 0 aliphatic carbocycles. The summed E-state index contributed by atoms with van der Waals surface area (Å²) < 4.78 is 5.15. The van der Waals surface area contributed by atoms with E-state index in [-0.39, 0.29) is 12.1 Å². The molecular weight excluding hydrogens is 370 g/mol. The van der Waals surface area contributed by atoms with Crippen LogP contribution in [0.5, 0.6) is 0 Å². The predicted molar refractivity (Wildman–Crippen MR) is 117 cm³/mol. The number of nitrogens with one attached hydrogen (secondary N) is 2. The van der Waals surface area contributed by atoms with Gasteiger partial charge in [-0.1, -0.05) is 60.7 Å². The average molecular weight is 400 g/mol. The monoisotopic (exact) mass is 399 g/mol. The van der Waals surface area contributed by atoms with E-state index < -0.39 is 6.09 Å². The van der Waals surface area contributed by atoms with E-state index in [1.165, 1.54) is 0 Å². The molecule has 0 spiro atoms. The van der Waals surface area contributed by atoms with Gasteiger partial charge < -0.3 is 20.3 Å². The highest BCUT2D eigenvalue weighted by atomic mass is 32.1. The molecule has 5 nitrogen and oxygen atoms in total. The van der Waals surface area contributed by atoms with Crippen LogP contribution >= 0.6 is 12.2 Å². The summed E-state index contributed by atoms with van der Waals surface area (Å²) >= 11 is 5.65. The van der Waals surface area contributed by atoms with Gasteiger partial charge in [-0.05, 0) is 44.1 Å². The lowest BCUT2D eigenvalue weighted by Gasteiger charge is -2.33. The van der Waals surface area contributed by atoms with E-state index >= 15 is 0 Å². The van der Waals surface area contributed by atoms with Gasteiger partial charge in [0, 0.05) is 13.1 Å². The Bertz CT molecular complexity index is 736. The molecule has 2 N–H and O–H groups in total. The molecular formula is C22H29N3O2S. The van der Waals surface area contributed by atoms with Gasteiger partial charge in [0.15, 0.2) is 5.11 Å². The zero-order valence-corrected chi connectivity index (χ0v) is 17.5. The van der Waals surface area contributed by atoms with E-state index in [1.54, 1.807) is 6.92 Å². The van der Waals surface area contributed by atoms with Crippen molar-refractivity contribution < 1.29 is 9.53 Å². The largest absolute Gasteiger partial charge is 0.450 e. The normalized spacial score (nSPS) is 12.5. The minimum atomic E-state index is -0.451. The van der Waals surface area contributed by atoms with Gasteiger partial charge in [0.05, 0.1) is 18.7 Å². The number of amides is 1. The molecule has 28 heavy (non-hydrogen) atoms. The quantitative estimate of drug-likeness (QED) is 0.643. The van der Waals surface area contributed by atoms with E-state index in [9.17, 15) is 4.79 Å². The summed E-state index contributed by atoms with van der Waals surface area (Å²) in [6.07, 6.45) is -0.451. The second-order valence-electron chi connectivity index (χ2n) is 6.26. The maximum absolute atomic E-state index is 12.3. The third-order valence-corrected chi connectivity index (χ3v) is 4.91. The molecule has 150 valence electrons. The second kappa shape index (κ2) is 11.3. The predicted octanol–water partition coefficient (Wildman–Crippen LogP) is 4.43. The van der Waals surface area contributed by atoms with E-state index in [4.69, 9.17) is 17.0 Å². The van der Waals surface area contributed by atoms with Crippen LogP contribution < -0.4 is 10.6 Å². The standard InChI is InChI=1S/C22H29N3O2S/c1-4-25(5-2)21(28)23-19(17-13-9-7-10-14-17)20(24-22(26)27-6-3)18-15-11-8-12-16-18/h7-16,19-20H,4-6H2,1-3H3,(H,23,28)(H,24,26)/t19-,20-/m0/s1. The molecule has 2 aromatic rings. The van der Waals surface area contributed by atoms with Crippen molar-refractivity contribution in [3.8, 4) is 0 Å². The zero-order chi connectivity index (χ0) is 20.4. The number of carbonyl (C=O) groups excluding carboxylic acids is 1. The minimum absolute atomic E-state index is 0.249. The molecule has 0 saturated heterocycles. The van der Waals surface area contributed by atoms with Crippen LogP contribution in [-0.2, 0) is 4.74 Å². The van der Waals surface area contributed by atoms with Crippen molar-refractivity contribution in [1.82, 2.24) is 15.5 Å². The average Bonchev–Trinajstić information content (AvgIpc) is 2.73. The van der Waals surface area contributed by atoms with Crippen molar-refractivity contribution in [3.63, 3.8) is 0 Å². The molecule has 0 unspecified atom stereocenters. The summed E-state index contributed by atoms with van der Waals surface area (Å²) in [6.45, 7) is 7.87. The molecule has 1 amide bonds. The maximum atomic E-state index is 12.3. The van der Waals surface area contributed by atoms with Gasteiger partial charge in [-0.3, -0.25) is 0 Å². The van der Waals surface area contributed by atoms with Gasteiger partial charge in [-0.15, -0.1) is 0 Å². The molecule has 0 radical (unpaired) electrons. The van der Waals surface area contributed by atoms with E-state index in [0.29, 0.717) is 11.7 Å². The molecule has 0 heterocycles. The lowest BCUT2D eigenvalue weighted by atomic mass is 9.93. The summed E-state index contributed by atoms with van der Waals surface area (Å²) in [6, 6.07) is 19.3. The van der Waals surface area contributed by atoms with Gasteiger partial charge >= 0.3 is 6.09 Å². The van der Waals surface area contributed by atoms with Gasteiger partial charge in [-0.2, -0.15) is 0 Å². The molecule has 0 fully saturated rings. The van der Waals surface area contributed by atoms with Crippen molar-refractivity contribution in [2.75, 3.05) is 19.7 Å². The van der Waals surface area contributed by atoms with Crippen LogP contribution in [0.3, 0.4) is 0 Å². The molecule has 2 aromatic carbocycles. The van der Waals surface area contributed by atoms with Crippen LogP contribution in [-0.4, -0.2) is 35.8 Å². The molecule has 2 rings (SSSR count). The fourth-order valence-corrected chi connectivity index (χ4v) is 3.46. The number of rotatable bonds is 8. The molecule has 0 aliphatic heterocycles. The highest BCUT2D eigenvalue weighted by molar-refractivity contribution is 7.80. The summed E-state index contributed by atoms with van der Waals surface area (Å²) in [4.78, 5) is 14.4. The fraction of sp³-hybridized carbons (Fsp3) is 0.364. The highest BCUT2D eigenvalue weighted by Crippen LogP contribution is 2.29. The second-order valence-corrected chi connectivity index (χ2v) is 6.65. The Hall–Kier alpha value is -2.60. The smallest absolute Gasteiger partial charge is 0.407 e. The molecule has 0 saturated carbocycles. The summed E-state index contributed by atoms with van der Waals surface area (Å²) in [5.74, 6) is 0. The van der Waals surface area contributed by atoms with Crippen molar-refractivity contribution >= 4 is 23.4 Å². The number of ether oxygens (including phenoxy) is 1. The first-order chi connectivity index (χ1) is 13.6. The van der Waals surface area contributed by atoms with Gasteiger partial charge in [0.25, 0.3) is 0 Å². The van der Waals surface area contributed by atoms with E-state index in [0.717, 1.165) is 24.2 Å². The van der Waals surface area contributed by atoms with Crippen molar-refractivity contribution in [2.45, 2.75) is 32.9 Å². The number of hydrogen-bond acceptors (Lipinski definition) is 3. The third-order valence-electron chi connectivity index (χ3n) is 4.53. The first-order valence-electron chi connectivity index (χ1n) is 9.69. The lowest BCUT2D eigenvalue weighted by Crippen LogP contribution is -2.46. The number of nitrogens with zero attached hydrogens (tertiary/aromatic N) is 1. The van der Waals surface area contributed by atoms with Crippen LogP contribution in [0.2, 0.25) is 0 Å². The molecule has 0 aliphatic rings. The van der Waals surface area contributed by atoms with Crippen molar-refractivity contribution in [3.05, 3.63) is 71.8 Å². The van der Waals surface area contributed by atoms with Gasteiger partial charge in [0.1, 0.15) is 0 Å². The van der Waals surface area contributed by atoms with Crippen LogP contribution in [0.4, 0.5) is 4.79 Å². The Balaban J connectivity index is 2.42. The topological polar surface area (TPSA) is 53.6 Å². The minimum Gasteiger partial charge on any atom is -0.450 e. The summed E-state index contributed by atoms with van der Waals surface area (Å²) in [7, 11) is 0. The van der Waals surface area contributed by atoms with Crippen LogP contribution in [0.1, 0.15) is 44.0 Å². The number of hydrogen-bond donors (Lipinski definition) is 2. The van der Waals surface area contributed by atoms with Crippen molar-refractivity contribution in [1.29, 1.82) is 0 Å². The molecule has 0 bridgehead atoms. The van der Waals surface area contributed by atoms with E-state index in [1.807, 2.05) is 60.7 Å². The third kappa shape index (κ3) is 5.96. The Kier molecular flexibility index (Phi) is 8.75. The molecule has 0 aromatic heterocycles. The SMILES string of the molecule is CCOC(=O)N[C@@H](c1ccccc1)[C@@H](NC(=S)N(CC)CC)c1ccccc1.